The Balaban J connectivity index is 2.79. The molecule has 4 heteroatoms. The largest absolute Gasteiger partial charge is 0.496 e. The molecule has 17 heavy (non-hydrogen) atoms. The Kier molecular flexibility index (Phi) is 5.29. The van der Waals surface area contributed by atoms with Gasteiger partial charge >= 0.3 is 0 Å². The van der Waals surface area contributed by atoms with Crippen LogP contribution in [-0.4, -0.2) is 18.9 Å². The molecule has 1 N–H and O–H groups in total. The van der Waals surface area contributed by atoms with E-state index in [1.54, 1.807) is 7.11 Å². The summed E-state index contributed by atoms with van der Waals surface area (Å²) in [5, 5.41) is 2.83. The van der Waals surface area contributed by atoms with Crippen LogP contribution in [0.25, 0.3) is 0 Å². The van der Waals surface area contributed by atoms with Crippen LogP contribution in [0.5, 0.6) is 5.75 Å². The molecule has 0 unspecified atom stereocenters. The lowest BCUT2D eigenvalue weighted by Gasteiger charge is -2.13. The van der Waals surface area contributed by atoms with Crippen molar-refractivity contribution in [1.82, 2.24) is 5.32 Å². The highest BCUT2D eigenvalue weighted by Crippen LogP contribution is 2.23. The van der Waals surface area contributed by atoms with Gasteiger partial charge in [-0.3, -0.25) is 4.79 Å². The van der Waals surface area contributed by atoms with E-state index in [4.69, 9.17) is 16.3 Å². The summed E-state index contributed by atoms with van der Waals surface area (Å²) in [6.45, 7) is 4.51. The van der Waals surface area contributed by atoms with E-state index >= 15 is 0 Å². The molecular weight excluding hydrogens is 238 g/mol. The van der Waals surface area contributed by atoms with Crippen molar-refractivity contribution >= 4 is 17.5 Å². The highest BCUT2D eigenvalue weighted by Gasteiger charge is 2.09. The smallest absolute Gasteiger partial charge is 0.221 e. The Bertz CT molecular complexity index is 405. The van der Waals surface area contributed by atoms with Crippen LogP contribution in [0.3, 0.4) is 0 Å². The summed E-state index contributed by atoms with van der Waals surface area (Å²) in [5.74, 6) is 1.12. The molecule has 0 fully saturated rings. The monoisotopic (exact) mass is 255 g/mol. The molecule has 1 rings (SSSR count). The molecule has 0 heterocycles. The van der Waals surface area contributed by atoms with Crippen molar-refractivity contribution in [2.45, 2.75) is 26.8 Å². The third-order valence-electron chi connectivity index (χ3n) is 2.58. The lowest BCUT2D eigenvalue weighted by Crippen LogP contribution is -2.23. The van der Waals surface area contributed by atoms with E-state index in [-0.39, 0.29) is 5.91 Å². The summed E-state index contributed by atoms with van der Waals surface area (Å²) in [5.41, 5.74) is 3.28. The topological polar surface area (TPSA) is 38.3 Å². The van der Waals surface area contributed by atoms with Gasteiger partial charge in [0.15, 0.2) is 0 Å². The summed E-state index contributed by atoms with van der Waals surface area (Å²) >= 11 is 5.50. The molecule has 1 aromatic rings. The predicted octanol–water partition coefficient (Wildman–Crippen LogP) is 2.56. The highest BCUT2D eigenvalue weighted by molar-refractivity contribution is 6.18. The van der Waals surface area contributed by atoms with Gasteiger partial charge in [-0.15, -0.1) is 11.6 Å². The Morgan fingerprint density at radius 2 is 2.12 bits per heavy atom. The van der Waals surface area contributed by atoms with Gasteiger partial charge in [-0.05, 0) is 31.0 Å². The minimum Gasteiger partial charge on any atom is -0.496 e. The molecular formula is C13H18ClNO2. The second-order valence-corrected chi connectivity index (χ2v) is 4.36. The van der Waals surface area contributed by atoms with Crippen molar-refractivity contribution in [3.05, 3.63) is 28.8 Å². The number of alkyl halides is 1. The quantitative estimate of drug-likeness (QED) is 0.822. The number of nitrogens with one attached hydrogen (secondary N) is 1. The normalized spacial score (nSPS) is 10.1. The molecule has 0 saturated carbocycles. The summed E-state index contributed by atoms with van der Waals surface area (Å²) in [6, 6.07) is 4.04. The van der Waals surface area contributed by atoms with E-state index in [0.29, 0.717) is 18.8 Å². The van der Waals surface area contributed by atoms with Gasteiger partial charge in [0.05, 0.1) is 7.11 Å². The van der Waals surface area contributed by atoms with Crippen LogP contribution >= 0.6 is 11.6 Å². The number of carbonyl (C=O) groups is 1. The number of rotatable bonds is 5. The standard InChI is InChI=1S/C13H18ClNO2/c1-9-6-10(2)11(12(7-9)17-3)8-15-13(16)4-5-14/h6-7H,4-5,8H2,1-3H3,(H,15,16). The molecule has 3 nitrogen and oxygen atoms in total. The first-order chi connectivity index (χ1) is 8.08. The molecule has 0 saturated heterocycles. The van der Waals surface area contributed by atoms with E-state index in [1.165, 1.54) is 0 Å². The zero-order valence-electron chi connectivity index (χ0n) is 10.5. The molecule has 0 aliphatic rings. The number of benzene rings is 1. The zero-order valence-corrected chi connectivity index (χ0v) is 11.2. The lowest BCUT2D eigenvalue weighted by molar-refractivity contribution is -0.120. The molecule has 0 atom stereocenters. The fraction of sp³-hybridized carbons (Fsp3) is 0.462. The molecule has 0 spiro atoms. The van der Waals surface area contributed by atoms with Gasteiger partial charge in [-0.2, -0.15) is 0 Å². The molecule has 0 radical (unpaired) electrons. The van der Waals surface area contributed by atoms with Gasteiger partial charge in [0, 0.05) is 24.4 Å². The van der Waals surface area contributed by atoms with Crippen LogP contribution < -0.4 is 10.1 Å². The molecule has 1 aromatic carbocycles. The van der Waals surface area contributed by atoms with Gasteiger partial charge in [-0.1, -0.05) is 6.07 Å². The maximum absolute atomic E-state index is 11.4. The molecule has 1 amide bonds. The average Bonchev–Trinajstić information content (AvgIpc) is 2.27. The van der Waals surface area contributed by atoms with Crippen molar-refractivity contribution < 1.29 is 9.53 Å². The summed E-state index contributed by atoms with van der Waals surface area (Å²) < 4.78 is 5.32. The Morgan fingerprint density at radius 3 is 2.71 bits per heavy atom. The van der Waals surface area contributed by atoms with Crippen molar-refractivity contribution in [2.75, 3.05) is 13.0 Å². The van der Waals surface area contributed by atoms with Crippen LogP contribution in [0.1, 0.15) is 23.1 Å². The lowest BCUT2D eigenvalue weighted by atomic mass is 10.0. The molecule has 0 bridgehead atoms. The predicted molar refractivity (Wildman–Crippen MR) is 69.7 cm³/mol. The maximum Gasteiger partial charge on any atom is 0.221 e. The van der Waals surface area contributed by atoms with Gasteiger partial charge in [-0.25, -0.2) is 0 Å². The van der Waals surface area contributed by atoms with Crippen molar-refractivity contribution in [3.63, 3.8) is 0 Å². The van der Waals surface area contributed by atoms with Crippen LogP contribution in [0.4, 0.5) is 0 Å². The van der Waals surface area contributed by atoms with Crippen LogP contribution in [0.2, 0.25) is 0 Å². The van der Waals surface area contributed by atoms with Crippen LogP contribution in [0.15, 0.2) is 12.1 Å². The summed E-state index contributed by atoms with van der Waals surface area (Å²) in [4.78, 5) is 11.4. The number of hydrogen-bond donors (Lipinski definition) is 1. The van der Waals surface area contributed by atoms with Crippen molar-refractivity contribution in [2.24, 2.45) is 0 Å². The second-order valence-electron chi connectivity index (χ2n) is 3.98. The molecule has 0 aromatic heterocycles. The number of halogens is 1. The number of methoxy groups -OCH3 is 1. The fourth-order valence-electron chi connectivity index (χ4n) is 1.73. The first-order valence-corrected chi connectivity index (χ1v) is 6.08. The molecule has 0 aliphatic heterocycles. The van der Waals surface area contributed by atoms with Gasteiger partial charge in [0.1, 0.15) is 5.75 Å². The number of ether oxygens (including phenoxy) is 1. The van der Waals surface area contributed by atoms with Crippen LogP contribution in [0, 0.1) is 13.8 Å². The minimum absolute atomic E-state index is 0.0398. The van der Waals surface area contributed by atoms with Crippen LogP contribution in [-0.2, 0) is 11.3 Å². The Labute approximate surface area is 107 Å². The Morgan fingerprint density at radius 1 is 1.41 bits per heavy atom. The first-order valence-electron chi connectivity index (χ1n) is 5.55. The maximum atomic E-state index is 11.4. The number of hydrogen-bond acceptors (Lipinski definition) is 2. The number of amides is 1. The SMILES string of the molecule is COc1cc(C)cc(C)c1CNC(=O)CCCl. The highest BCUT2D eigenvalue weighted by atomic mass is 35.5. The summed E-state index contributed by atoms with van der Waals surface area (Å²) in [6.07, 6.45) is 0.342. The average molecular weight is 256 g/mol. The third-order valence-corrected chi connectivity index (χ3v) is 2.77. The van der Waals surface area contributed by atoms with Gasteiger partial charge in [0.25, 0.3) is 0 Å². The van der Waals surface area contributed by atoms with E-state index in [2.05, 4.69) is 11.4 Å². The fourth-order valence-corrected chi connectivity index (χ4v) is 1.90. The first kappa shape index (κ1) is 13.8. The summed E-state index contributed by atoms with van der Waals surface area (Å²) in [7, 11) is 1.64. The molecule has 0 aliphatic carbocycles. The molecule has 94 valence electrons. The van der Waals surface area contributed by atoms with Crippen molar-refractivity contribution in [3.8, 4) is 5.75 Å². The van der Waals surface area contributed by atoms with Crippen molar-refractivity contribution in [1.29, 1.82) is 0 Å². The number of carbonyl (C=O) groups excluding carboxylic acids is 1. The minimum atomic E-state index is -0.0398. The second kappa shape index (κ2) is 6.50. The number of aryl methyl sites for hydroxylation is 2. The van der Waals surface area contributed by atoms with Gasteiger partial charge in [0.2, 0.25) is 5.91 Å². The van der Waals surface area contributed by atoms with E-state index in [0.717, 1.165) is 22.4 Å². The van der Waals surface area contributed by atoms with E-state index in [9.17, 15) is 4.79 Å². The van der Waals surface area contributed by atoms with E-state index < -0.39 is 0 Å². The Hall–Kier alpha value is -1.22. The van der Waals surface area contributed by atoms with Gasteiger partial charge < -0.3 is 10.1 Å². The third kappa shape index (κ3) is 3.93. The zero-order chi connectivity index (χ0) is 12.8. The van der Waals surface area contributed by atoms with E-state index in [1.807, 2.05) is 19.9 Å².